The number of anilines is 2. The average Bonchev–Trinajstić information content (AvgIpc) is 2.52. The van der Waals surface area contributed by atoms with Crippen LogP contribution in [0.2, 0.25) is 0 Å². The number of carbonyl (C=O) groups is 2. The Labute approximate surface area is 134 Å². The second kappa shape index (κ2) is 6.12. The molecule has 2 amide bonds. The van der Waals surface area contributed by atoms with E-state index in [-0.39, 0.29) is 25.0 Å². The SMILES string of the molecule is Cc1ccc2c(c1)N(CC(=O)Nc1ccccc1C)C(=O)CO2. The maximum atomic E-state index is 12.3. The number of hydrogen-bond donors (Lipinski definition) is 1. The fourth-order valence-corrected chi connectivity index (χ4v) is 2.53. The van der Waals surface area contributed by atoms with Gasteiger partial charge in [0.15, 0.2) is 6.61 Å². The van der Waals surface area contributed by atoms with Crippen molar-refractivity contribution in [3.8, 4) is 5.75 Å². The van der Waals surface area contributed by atoms with E-state index in [2.05, 4.69) is 5.32 Å². The molecule has 1 N–H and O–H groups in total. The number of amides is 2. The van der Waals surface area contributed by atoms with Crippen LogP contribution in [0.3, 0.4) is 0 Å². The number of benzene rings is 2. The zero-order chi connectivity index (χ0) is 16.4. The maximum Gasteiger partial charge on any atom is 0.265 e. The van der Waals surface area contributed by atoms with Crippen LogP contribution in [0.15, 0.2) is 42.5 Å². The Bertz CT molecular complexity index is 771. The van der Waals surface area contributed by atoms with E-state index in [1.165, 1.54) is 4.90 Å². The number of nitrogens with one attached hydrogen (secondary N) is 1. The Balaban J connectivity index is 1.80. The van der Waals surface area contributed by atoms with Crippen molar-refractivity contribution in [2.24, 2.45) is 0 Å². The lowest BCUT2D eigenvalue weighted by Crippen LogP contribution is -2.43. The molecule has 0 unspecified atom stereocenters. The van der Waals surface area contributed by atoms with Gasteiger partial charge in [0.05, 0.1) is 5.69 Å². The van der Waals surface area contributed by atoms with Crippen LogP contribution in [0.5, 0.6) is 5.75 Å². The minimum absolute atomic E-state index is 0.0347. The summed E-state index contributed by atoms with van der Waals surface area (Å²) in [7, 11) is 0. The number of ether oxygens (including phenoxy) is 1. The molecule has 0 bridgehead atoms. The van der Waals surface area contributed by atoms with Gasteiger partial charge in [-0.3, -0.25) is 14.5 Å². The second-order valence-corrected chi connectivity index (χ2v) is 5.60. The topological polar surface area (TPSA) is 58.6 Å². The number of rotatable bonds is 3. The van der Waals surface area contributed by atoms with E-state index in [1.54, 1.807) is 0 Å². The summed E-state index contributed by atoms with van der Waals surface area (Å²) in [4.78, 5) is 25.9. The van der Waals surface area contributed by atoms with Gasteiger partial charge in [0.2, 0.25) is 5.91 Å². The van der Waals surface area contributed by atoms with Crippen LogP contribution in [0, 0.1) is 13.8 Å². The van der Waals surface area contributed by atoms with Crippen molar-refractivity contribution in [2.75, 3.05) is 23.4 Å². The average molecular weight is 310 g/mol. The monoisotopic (exact) mass is 310 g/mol. The molecule has 2 aromatic rings. The van der Waals surface area contributed by atoms with E-state index in [1.807, 2.05) is 56.3 Å². The molecule has 0 saturated carbocycles. The highest BCUT2D eigenvalue weighted by atomic mass is 16.5. The lowest BCUT2D eigenvalue weighted by molar-refractivity contribution is -0.123. The van der Waals surface area contributed by atoms with Crippen molar-refractivity contribution >= 4 is 23.2 Å². The van der Waals surface area contributed by atoms with Crippen molar-refractivity contribution in [2.45, 2.75) is 13.8 Å². The Morgan fingerprint density at radius 2 is 2.00 bits per heavy atom. The standard InChI is InChI=1S/C18H18N2O3/c1-12-7-8-16-15(9-12)20(18(22)11-23-16)10-17(21)19-14-6-4-3-5-13(14)2/h3-9H,10-11H2,1-2H3,(H,19,21). The summed E-state index contributed by atoms with van der Waals surface area (Å²) in [5, 5.41) is 2.85. The summed E-state index contributed by atoms with van der Waals surface area (Å²) < 4.78 is 5.42. The van der Waals surface area contributed by atoms with Crippen LogP contribution in [-0.4, -0.2) is 25.0 Å². The third kappa shape index (κ3) is 3.18. The minimum atomic E-state index is -0.234. The van der Waals surface area contributed by atoms with Crippen molar-refractivity contribution in [3.63, 3.8) is 0 Å². The van der Waals surface area contributed by atoms with Gasteiger partial charge in [-0.2, -0.15) is 0 Å². The number of nitrogens with zero attached hydrogens (tertiary/aromatic N) is 1. The minimum Gasteiger partial charge on any atom is -0.482 e. The molecule has 3 rings (SSSR count). The highest BCUT2D eigenvalue weighted by molar-refractivity contribution is 6.05. The molecule has 1 aliphatic rings. The van der Waals surface area contributed by atoms with Gasteiger partial charge in [-0.25, -0.2) is 0 Å². The van der Waals surface area contributed by atoms with Crippen molar-refractivity contribution in [3.05, 3.63) is 53.6 Å². The van der Waals surface area contributed by atoms with Gasteiger partial charge in [0.1, 0.15) is 12.3 Å². The Kier molecular flexibility index (Phi) is 4.02. The molecule has 118 valence electrons. The van der Waals surface area contributed by atoms with E-state index >= 15 is 0 Å². The third-order valence-electron chi connectivity index (χ3n) is 3.78. The summed E-state index contributed by atoms with van der Waals surface area (Å²) in [6.45, 7) is 3.78. The van der Waals surface area contributed by atoms with Gasteiger partial charge in [0.25, 0.3) is 5.91 Å². The zero-order valence-electron chi connectivity index (χ0n) is 13.1. The first kappa shape index (κ1) is 15.1. The first-order valence-electron chi connectivity index (χ1n) is 7.44. The molecule has 0 radical (unpaired) electrons. The normalized spacial score (nSPS) is 13.3. The molecule has 23 heavy (non-hydrogen) atoms. The Morgan fingerprint density at radius 3 is 2.78 bits per heavy atom. The largest absolute Gasteiger partial charge is 0.482 e. The maximum absolute atomic E-state index is 12.3. The van der Waals surface area contributed by atoms with Crippen molar-refractivity contribution < 1.29 is 14.3 Å². The smallest absolute Gasteiger partial charge is 0.265 e. The second-order valence-electron chi connectivity index (χ2n) is 5.60. The summed E-state index contributed by atoms with van der Waals surface area (Å²) in [5.74, 6) is 0.170. The lowest BCUT2D eigenvalue weighted by atomic mass is 10.1. The molecular formula is C18H18N2O3. The molecule has 1 heterocycles. The summed E-state index contributed by atoms with van der Waals surface area (Å²) >= 11 is 0. The number of fused-ring (bicyclic) bond motifs is 1. The van der Waals surface area contributed by atoms with Crippen molar-refractivity contribution in [1.29, 1.82) is 0 Å². The van der Waals surface area contributed by atoms with Crippen LogP contribution in [-0.2, 0) is 9.59 Å². The van der Waals surface area contributed by atoms with Gasteiger partial charge in [-0.1, -0.05) is 24.3 Å². The van der Waals surface area contributed by atoms with E-state index in [9.17, 15) is 9.59 Å². The van der Waals surface area contributed by atoms with Gasteiger partial charge < -0.3 is 10.1 Å². The van der Waals surface area contributed by atoms with Crippen LogP contribution >= 0.6 is 0 Å². The quantitative estimate of drug-likeness (QED) is 0.948. The Morgan fingerprint density at radius 1 is 1.22 bits per heavy atom. The summed E-state index contributed by atoms with van der Waals surface area (Å²) in [5.41, 5.74) is 3.38. The predicted molar refractivity (Wildman–Crippen MR) is 88.8 cm³/mol. The number of aryl methyl sites for hydroxylation is 2. The summed E-state index contributed by atoms with van der Waals surface area (Å²) in [6, 6.07) is 13.1. The molecule has 0 atom stereocenters. The third-order valence-corrected chi connectivity index (χ3v) is 3.78. The molecular weight excluding hydrogens is 292 g/mol. The molecule has 2 aromatic carbocycles. The summed E-state index contributed by atoms with van der Waals surface area (Å²) in [6.07, 6.45) is 0. The van der Waals surface area contributed by atoms with E-state index in [4.69, 9.17) is 4.74 Å². The number of hydrogen-bond acceptors (Lipinski definition) is 3. The highest BCUT2D eigenvalue weighted by Crippen LogP contribution is 2.32. The first-order chi connectivity index (χ1) is 11.0. The highest BCUT2D eigenvalue weighted by Gasteiger charge is 2.27. The molecule has 0 aromatic heterocycles. The van der Waals surface area contributed by atoms with Gasteiger partial charge in [0, 0.05) is 5.69 Å². The molecule has 5 heteroatoms. The fourth-order valence-electron chi connectivity index (χ4n) is 2.53. The molecule has 5 nitrogen and oxygen atoms in total. The number of carbonyl (C=O) groups excluding carboxylic acids is 2. The first-order valence-corrected chi connectivity index (χ1v) is 7.44. The molecule has 0 fully saturated rings. The number of para-hydroxylation sites is 1. The van der Waals surface area contributed by atoms with Gasteiger partial charge in [-0.05, 0) is 43.2 Å². The zero-order valence-corrected chi connectivity index (χ0v) is 13.1. The Hall–Kier alpha value is -2.82. The van der Waals surface area contributed by atoms with Crippen molar-refractivity contribution in [1.82, 2.24) is 0 Å². The lowest BCUT2D eigenvalue weighted by Gasteiger charge is -2.29. The molecule has 1 aliphatic heterocycles. The molecule has 0 saturated heterocycles. The van der Waals surface area contributed by atoms with Crippen LogP contribution < -0.4 is 15.0 Å². The molecule has 0 spiro atoms. The van der Waals surface area contributed by atoms with E-state index in [0.29, 0.717) is 11.4 Å². The van der Waals surface area contributed by atoms with Crippen LogP contribution in [0.4, 0.5) is 11.4 Å². The predicted octanol–water partition coefficient (Wildman–Crippen LogP) is 2.67. The van der Waals surface area contributed by atoms with E-state index < -0.39 is 0 Å². The van der Waals surface area contributed by atoms with Gasteiger partial charge in [-0.15, -0.1) is 0 Å². The molecule has 0 aliphatic carbocycles. The van der Waals surface area contributed by atoms with Gasteiger partial charge >= 0.3 is 0 Å². The fraction of sp³-hybridized carbons (Fsp3) is 0.222. The van der Waals surface area contributed by atoms with Crippen LogP contribution in [0.25, 0.3) is 0 Å². The van der Waals surface area contributed by atoms with Crippen LogP contribution in [0.1, 0.15) is 11.1 Å². The van der Waals surface area contributed by atoms with E-state index in [0.717, 1.165) is 16.8 Å².